The van der Waals surface area contributed by atoms with Gasteiger partial charge in [-0.05, 0) is 29.8 Å². The van der Waals surface area contributed by atoms with Crippen molar-refractivity contribution in [2.75, 3.05) is 13.2 Å². The summed E-state index contributed by atoms with van der Waals surface area (Å²) in [6.07, 6.45) is -1.25. The molecule has 202 valence electrons. The zero-order valence-corrected chi connectivity index (χ0v) is 23.1. The molecule has 0 bridgehead atoms. The van der Waals surface area contributed by atoms with E-state index in [-0.39, 0.29) is 27.9 Å². The van der Waals surface area contributed by atoms with Gasteiger partial charge in [-0.1, -0.05) is 71.7 Å². The molecule has 1 aliphatic heterocycles. The van der Waals surface area contributed by atoms with E-state index >= 15 is 0 Å². The first kappa shape index (κ1) is 27.4. The number of carbonyl (C=O) groups is 2. The molecule has 1 N–H and O–H groups in total. The highest BCUT2D eigenvalue weighted by atomic mass is 35.5. The second kappa shape index (κ2) is 10.7. The van der Waals surface area contributed by atoms with Crippen molar-refractivity contribution in [2.45, 2.75) is 23.5 Å². The van der Waals surface area contributed by atoms with E-state index in [2.05, 4.69) is 0 Å². The number of aliphatic hydroxyl groups excluding tert-OH is 1. The van der Waals surface area contributed by atoms with Crippen molar-refractivity contribution >= 4 is 55.9 Å². The third kappa shape index (κ3) is 5.08. The minimum atomic E-state index is -4.22. The van der Waals surface area contributed by atoms with Crippen molar-refractivity contribution in [1.29, 1.82) is 0 Å². The van der Waals surface area contributed by atoms with E-state index in [0.29, 0.717) is 16.6 Å². The first-order valence-corrected chi connectivity index (χ1v) is 14.3. The van der Waals surface area contributed by atoms with E-state index in [1.807, 2.05) is 66.2 Å². The molecule has 11 heteroatoms. The van der Waals surface area contributed by atoms with Crippen LogP contribution in [0.2, 0.25) is 10.0 Å². The molecule has 0 unspecified atom stereocenters. The standard InChI is InChI=1S/C28H24Cl2N2O6S/c1-31-23-10-6-5-9-20(23)26(27(31)17-7-3-2-4-8-17)25(34)16-38-28(35)24-13-18(33)15-32(24)39(36,37)19-11-12-21(29)22(30)14-19/h2-12,14,18,24,33H,13,15-16H2,1H3/t18-,24-/m0/s1. The van der Waals surface area contributed by atoms with Gasteiger partial charge in [0.15, 0.2) is 6.61 Å². The Morgan fingerprint density at radius 1 is 1.00 bits per heavy atom. The summed E-state index contributed by atoms with van der Waals surface area (Å²) >= 11 is 11.9. The largest absolute Gasteiger partial charge is 0.456 e. The van der Waals surface area contributed by atoms with Crippen LogP contribution in [0, 0.1) is 0 Å². The number of nitrogens with zero attached hydrogens (tertiary/aromatic N) is 2. The molecule has 8 nitrogen and oxygen atoms in total. The predicted octanol–water partition coefficient (Wildman–Crippen LogP) is 4.70. The molecule has 1 aromatic heterocycles. The number of carbonyl (C=O) groups excluding carboxylic acids is 2. The third-order valence-corrected chi connectivity index (χ3v) is 9.39. The van der Waals surface area contributed by atoms with Crippen LogP contribution in [0.5, 0.6) is 0 Å². The van der Waals surface area contributed by atoms with Gasteiger partial charge in [0, 0.05) is 30.9 Å². The fourth-order valence-electron chi connectivity index (χ4n) is 4.95. The van der Waals surface area contributed by atoms with E-state index in [9.17, 15) is 23.1 Å². The fourth-order valence-corrected chi connectivity index (χ4v) is 6.97. The number of aromatic nitrogens is 1. The summed E-state index contributed by atoms with van der Waals surface area (Å²) in [6.45, 7) is -0.905. The van der Waals surface area contributed by atoms with Gasteiger partial charge in [-0.15, -0.1) is 0 Å². The maximum atomic E-state index is 13.5. The first-order chi connectivity index (χ1) is 18.6. The number of aliphatic hydroxyl groups is 1. The Hall–Kier alpha value is -3.21. The Balaban J connectivity index is 1.41. The van der Waals surface area contributed by atoms with Crippen molar-refractivity contribution < 1.29 is 27.9 Å². The highest BCUT2D eigenvalue weighted by Crippen LogP contribution is 2.34. The molecular weight excluding hydrogens is 563 g/mol. The number of hydrogen-bond donors (Lipinski definition) is 1. The van der Waals surface area contributed by atoms with E-state index < -0.39 is 40.5 Å². The number of ether oxygens (including phenoxy) is 1. The normalized spacial score (nSPS) is 17.9. The SMILES string of the molecule is Cn1c(-c2ccccc2)c(C(=O)COC(=O)[C@@H]2C[C@H](O)CN2S(=O)(=O)c2ccc(Cl)c(Cl)c2)c2ccccc21. The summed E-state index contributed by atoms with van der Waals surface area (Å²) in [5, 5.41) is 11.2. The van der Waals surface area contributed by atoms with E-state index in [0.717, 1.165) is 15.4 Å². The summed E-state index contributed by atoms with van der Waals surface area (Å²) in [5.41, 5.74) is 2.74. The Bertz CT molecular complexity index is 1690. The van der Waals surface area contributed by atoms with Gasteiger partial charge in [0.05, 0.1) is 32.3 Å². The lowest BCUT2D eigenvalue weighted by atomic mass is 10.0. The highest BCUT2D eigenvalue weighted by Gasteiger charge is 2.44. The number of ketones is 1. The number of esters is 1. The average molecular weight is 587 g/mol. The Morgan fingerprint density at radius 3 is 2.41 bits per heavy atom. The molecule has 5 rings (SSSR count). The lowest BCUT2D eigenvalue weighted by Crippen LogP contribution is -2.41. The third-order valence-electron chi connectivity index (χ3n) is 6.78. The lowest BCUT2D eigenvalue weighted by Gasteiger charge is -2.22. The van der Waals surface area contributed by atoms with Crippen LogP contribution >= 0.6 is 23.2 Å². The number of fused-ring (bicyclic) bond motifs is 1. The maximum Gasteiger partial charge on any atom is 0.325 e. The van der Waals surface area contributed by atoms with Gasteiger partial charge in [0.1, 0.15) is 6.04 Å². The summed E-state index contributed by atoms with van der Waals surface area (Å²) < 4.78 is 34.8. The molecule has 0 amide bonds. The average Bonchev–Trinajstić information content (AvgIpc) is 3.47. The van der Waals surface area contributed by atoms with Crippen molar-refractivity contribution in [3.63, 3.8) is 0 Å². The summed E-state index contributed by atoms with van der Waals surface area (Å²) in [7, 11) is -2.36. The number of β-amino-alcohol motifs (C(OH)–C–C–N with tert-alkyl or cyclic N) is 1. The van der Waals surface area contributed by atoms with Gasteiger partial charge in [-0.25, -0.2) is 8.42 Å². The number of rotatable bonds is 7. The molecule has 0 spiro atoms. The predicted molar refractivity (Wildman–Crippen MR) is 148 cm³/mol. The maximum absolute atomic E-state index is 13.5. The lowest BCUT2D eigenvalue weighted by molar-refractivity contribution is -0.146. The molecule has 2 atom stereocenters. The molecule has 1 saturated heterocycles. The van der Waals surface area contributed by atoms with Crippen LogP contribution in [0.25, 0.3) is 22.2 Å². The number of benzene rings is 3. The van der Waals surface area contributed by atoms with Crippen molar-refractivity contribution in [1.82, 2.24) is 8.87 Å². The number of Topliss-reactive ketones (excluding diaryl/α,β-unsaturated/α-hetero) is 1. The molecule has 0 saturated carbocycles. The van der Waals surface area contributed by atoms with Gasteiger partial charge in [0.2, 0.25) is 15.8 Å². The molecule has 39 heavy (non-hydrogen) atoms. The highest BCUT2D eigenvalue weighted by molar-refractivity contribution is 7.89. The van der Waals surface area contributed by atoms with Crippen molar-refractivity contribution in [3.8, 4) is 11.3 Å². The van der Waals surface area contributed by atoms with Gasteiger partial charge in [-0.2, -0.15) is 4.31 Å². The van der Waals surface area contributed by atoms with Crippen molar-refractivity contribution in [3.05, 3.63) is 88.4 Å². The number of halogens is 2. The quantitative estimate of drug-likeness (QED) is 0.248. The molecule has 1 fully saturated rings. The summed E-state index contributed by atoms with van der Waals surface area (Å²) in [6, 6.07) is 19.3. The van der Waals surface area contributed by atoms with E-state index in [1.54, 1.807) is 0 Å². The minimum absolute atomic E-state index is 0.0338. The van der Waals surface area contributed by atoms with Gasteiger partial charge in [-0.3, -0.25) is 9.59 Å². The van der Waals surface area contributed by atoms with Crippen LogP contribution in [0.1, 0.15) is 16.8 Å². The van der Waals surface area contributed by atoms with Crippen LogP contribution in [0.4, 0.5) is 0 Å². The number of hydrogen-bond acceptors (Lipinski definition) is 6. The summed E-state index contributed by atoms with van der Waals surface area (Å²) in [5.74, 6) is -1.36. The van der Waals surface area contributed by atoms with Gasteiger partial charge in [0.25, 0.3) is 0 Å². The molecular formula is C28H24Cl2N2O6S. The van der Waals surface area contributed by atoms with Gasteiger partial charge < -0.3 is 14.4 Å². The zero-order valence-electron chi connectivity index (χ0n) is 20.8. The van der Waals surface area contributed by atoms with Crippen LogP contribution in [0.3, 0.4) is 0 Å². The Labute approximate surface area is 235 Å². The number of para-hydroxylation sites is 1. The number of sulfonamides is 1. The minimum Gasteiger partial charge on any atom is -0.456 e. The Kier molecular flexibility index (Phi) is 7.54. The molecule has 3 aromatic carbocycles. The topological polar surface area (TPSA) is 106 Å². The molecule has 4 aromatic rings. The molecule has 1 aliphatic rings. The van der Waals surface area contributed by atoms with Gasteiger partial charge >= 0.3 is 5.97 Å². The first-order valence-electron chi connectivity index (χ1n) is 12.1. The van der Waals surface area contributed by atoms with Crippen LogP contribution in [-0.4, -0.2) is 59.4 Å². The molecule has 0 aliphatic carbocycles. The monoisotopic (exact) mass is 586 g/mol. The number of aryl methyl sites for hydroxylation is 1. The molecule has 2 heterocycles. The second-order valence-corrected chi connectivity index (χ2v) is 12.0. The fraction of sp³-hybridized carbons (Fsp3) is 0.214. The van der Waals surface area contributed by atoms with Crippen LogP contribution in [0.15, 0.2) is 77.7 Å². The van der Waals surface area contributed by atoms with Crippen LogP contribution in [-0.2, 0) is 26.6 Å². The van der Waals surface area contributed by atoms with E-state index in [4.69, 9.17) is 27.9 Å². The second-order valence-electron chi connectivity index (χ2n) is 9.25. The Morgan fingerprint density at radius 2 is 1.69 bits per heavy atom. The summed E-state index contributed by atoms with van der Waals surface area (Å²) in [4.78, 5) is 26.5. The molecule has 0 radical (unpaired) electrons. The zero-order chi connectivity index (χ0) is 27.9. The van der Waals surface area contributed by atoms with Crippen molar-refractivity contribution in [2.24, 2.45) is 7.05 Å². The van der Waals surface area contributed by atoms with E-state index in [1.165, 1.54) is 18.2 Å². The smallest absolute Gasteiger partial charge is 0.325 e. The van der Waals surface area contributed by atoms with Crippen LogP contribution < -0.4 is 0 Å².